The molecule has 2 heteroatoms. The summed E-state index contributed by atoms with van der Waals surface area (Å²) in [5.41, 5.74) is 7.14. The van der Waals surface area contributed by atoms with E-state index >= 15 is 0 Å². The summed E-state index contributed by atoms with van der Waals surface area (Å²) in [4.78, 5) is 0. The van der Waals surface area contributed by atoms with Crippen molar-refractivity contribution >= 4 is 0 Å². The SMILES string of the molecule is CCc1ccc(OCCC(N)CC)cc1. The Morgan fingerprint density at radius 3 is 2.40 bits per heavy atom. The summed E-state index contributed by atoms with van der Waals surface area (Å²) in [5.74, 6) is 0.940. The third-order valence-corrected chi connectivity index (χ3v) is 2.61. The third-order valence-electron chi connectivity index (χ3n) is 2.61. The Balaban J connectivity index is 2.31. The zero-order chi connectivity index (χ0) is 11.1. The van der Waals surface area contributed by atoms with Crippen molar-refractivity contribution in [3.05, 3.63) is 29.8 Å². The molecule has 0 saturated heterocycles. The number of benzene rings is 1. The highest BCUT2D eigenvalue weighted by atomic mass is 16.5. The van der Waals surface area contributed by atoms with Crippen LogP contribution in [-0.2, 0) is 6.42 Å². The number of aryl methyl sites for hydroxylation is 1. The van der Waals surface area contributed by atoms with E-state index in [1.807, 2.05) is 12.1 Å². The first kappa shape index (κ1) is 12.1. The van der Waals surface area contributed by atoms with Gasteiger partial charge in [0.15, 0.2) is 0 Å². The predicted octanol–water partition coefficient (Wildman–Crippen LogP) is 2.76. The molecule has 2 N–H and O–H groups in total. The second-order valence-electron chi connectivity index (χ2n) is 3.80. The molecule has 0 aromatic heterocycles. The molecule has 84 valence electrons. The third kappa shape index (κ3) is 4.34. The minimum absolute atomic E-state index is 0.264. The van der Waals surface area contributed by atoms with Crippen LogP contribution in [0.4, 0.5) is 0 Å². The number of ether oxygens (including phenoxy) is 1. The number of nitrogens with two attached hydrogens (primary N) is 1. The van der Waals surface area contributed by atoms with E-state index in [2.05, 4.69) is 26.0 Å². The van der Waals surface area contributed by atoms with Gasteiger partial charge in [0, 0.05) is 6.04 Å². The molecule has 0 saturated carbocycles. The highest BCUT2D eigenvalue weighted by molar-refractivity contribution is 5.27. The van der Waals surface area contributed by atoms with Gasteiger partial charge in [-0.25, -0.2) is 0 Å². The van der Waals surface area contributed by atoms with Crippen molar-refractivity contribution in [2.24, 2.45) is 5.73 Å². The van der Waals surface area contributed by atoms with E-state index in [1.165, 1.54) is 5.56 Å². The summed E-state index contributed by atoms with van der Waals surface area (Å²) < 4.78 is 5.60. The second-order valence-corrected chi connectivity index (χ2v) is 3.80. The van der Waals surface area contributed by atoms with Crippen LogP contribution in [0.5, 0.6) is 5.75 Å². The van der Waals surface area contributed by atoms with E-state index in [-0.39, 0.29) is 6.04 Å². The van der Waals surface area contributed by atoms with Crippen LogP contribution in [0.25, 0.3) is 0 Å². The lowest BCUT2D eigenvalue weighted by Crippen LogP contribution is -2.21. The molecule has 0 fully saturated rings. The normalized spacial score (nSPS) is 12.5. The van der Waals surface area contributed by atoms with E-state index in [9.17, 15) is 0 Å². The Hall–Kier alpha value is -1.02. The highest BCUT2D eigenvalue weighted by Crippen LogP contribution is 2.12. The van der Waals surface area contributed by atoms with Crippen molar-refractivity contribution in [1.29, 1.82) is 0 Å². The largest absolute Gasteiger partial charge is 0.494 e. The van der Waals surface area contributed by atoms with E-state index < -0.39 is 0 Å². The van der Waals surface area contributed by atoms with Crippen LogP contribution in [-0.4, -0.2) is 12.6 Å². The predicted molar refractivity (Wildman–Crippen MR) is 64.2 cm³/mol. The second kappa shape index (κ2) is 6.46. The highest BCUT2D eigenvalue weighted by Gasteiger charge is 1.99. The molecule has 0 aliphatic carbocycles. The fourth-order valence-corrected chi connectivity index (χ4v) is 1.35. The lowest BCUT2D eigenvalue weighted by atomic mass is 10.1. The average Bonchev–Trinajstić information content (AvgIpc) is 2.29. The number of rotatable bonds is 6. The van der Waals surface area contributed by atoms with E-state index in [4.69, 9.17) is 10.5 Å². The molecule has 0 amide bonds. The van der Waals surface area contributed by atoms with Crippen LogP contribution in [0.1, 0.15) is 32.3 Å². The van der Waals surface area contributed by atoms with E-state index in [1.54, 1.807) is 0 Å². The Bertz CT molecular complexity index is 268. The van der Waals surface area contributed by atoms with Crippen molar-refractivity contribution in [2.45, 2.75) is 39.2 Å². The van der Waals surface area contributed by atoms with Gasteiger partial charge < -0.3 is 10.5 Å². The minimum atomic E-state index is 0.264. The van der Waals surface area contributed by atoms with Crippen LogP contribution < -0.4 is 10.5 Å². The first-order valence-electron chi connectivity index (χ1n) is 5.73. The molecule has 0 heterocycles. The molecule has 1 unspecified atom stereocenters. The lowest BCUT2D eigenvalue weighted by molar-refractivity contribution is 0.296. The Morgan fingerprint density at radius 1 is 1.20 bits per heavy atom. The lowest BCUT2D eigenvalue weighted by Gasteiger charge is -2.10. The molecule has 1 aromatic carbocycles. The zero-order valence-electron chi connectivity index (χ0n) is 9.70. The summed E-state index contributed by atoms with van der Waals surface area (Å²) in [6.45, 7) is 4.96. The van der Waals surface area contributed by atoms with Crippen LogP contribution in [0.3, 0.4) is 0 Å². The molecule has 1 aromatic rings. The summed E-state index contributed by atoms with van der Waals surface area (Å²) in [6.07, 6.45) is 3.01. The monoisotopic (exact) mass is 207 g/mol. The molecular weight excluding hydrogens is 186 g/mol. The minimum Gasteiger partial charge on any atom is -0.494 e. The van der Waals surface area contributed by atoms with Gasteiger partial charge in [-0.3, -0.25) is 0 Å². The van der Waals surface area contributed by atoms with Crippen molar-refractivity contribution in [2.75, 3.05) is 6.61 Å². The van der Waals surface area contributed by atoms with Crippen LogP contribution >= 0.6 is 0 Å². The molecule has 0 bridgehead atoms. The molecule has 0 radical (unpaired) electrons. The summed E-state index contributed by atoms with van der Waals surface area (Å²) in [5, 5.41) is 0. The maximum absolute atomic E-state index is 5.80. The summed E-state index contributed by atoms with van der Waals surface area (Å²) >= 11 is 0. The van der Waals surface area contributed by atoms with Gasteiger partial charge >= 0.3 is 0 Å². The van der Waals surface area contributed by atoms with Crippen LogP contribution in [0, 0.1) is 0 Å². The van der Waals surface area contributed by atoms with E-state index in [0.29, 0.717) is 6.61 Å². The van der Waals surface area contributed by atoms with Crippen molar-refractivity contribution in [3.8, 4) is 5.75 Å². The van der Waals surface area contributed by atoms with Gasteiger partial charge in [0.1, 0.15) is 5.75 Å². The standard InChI is InChI=1S/C13H21NO/c1-3-11-5-7-13(8-6-11)15-10-9-12(14)4-2/h5-8,12H,3-4,9-10,14H2,1-2H3. The number of hydrogen-bond acceptors (Lipinski definition) is 2. The van der Waals surface area contributed by atoms with Gasteiger partial charge in [0.2, 0.25) is 0 Å². The smallest absolute Gasteiger partial charge is 0.119 e. The topological polar surface area (TPSA) is 35.2 Å². The van der Waals surface area contributed by atoms with Gasteiger partial charge in [-0.15, -0.1) is 0 Å². The van der Waals surface area contributed by atoms with Gasteiger partial charge in [-0.05, 0) is 37.0 Å². The van der Waals surface area contributed by atoms with Crippen LogP contribution in [0.2, 0.25) is 0 Å². The fourth-order valence-electron chi connectivity index (χ4n) is 1.35. The van der Waals surface area contributed by atoms with Gasteiger partial charge in [-0.2, -0.15) is 0 Å². The van der Waals surface area contributed by atoms with E-state index in [0.717, 1.165) is 25.0 Å². The van der Waals surface area contributed by atoms with Crippen molar-refractivity contribution in [1.82, 2.24) is 0 Å². The number of hydrogen-bond donors (Lipinski definition) is 1. The molecule has 0 aliphatic rings. The molecule has 0 aliphatic heterocycles. The molecule has 1 atom stereocenters. The molecule has 2 nitrogen and oxygen atoms in total. The van der Waals surface area contributed by atoms with Gasteiger partial charge in [0.05, 0.1) is 6.61 Å². The Kier molecular flexibility index (Phi) is 5.19. The quantitative estimate of drug-likeness (QED) is 0.778. The molecule has 15 heavy (non-hydrogen) atoms. The first-order chi connectivity index (χ1) is 7.26. The van der Waals surface area contributed by atoms with Gasteiger partial charge in [-0.1, -0.05) is 26.0 Å². The summed E-state index contributed by atoms with van der Waals surface area (Å²) in [6, 6.07) is 8.52. The average molecular weight is 207 g/mol. The molecule has 1 rings (SSSR count). The maximum Gasteiger partial charge on any atom is 0.119 e. The Morgan fingerprint density at radius 2 is 1.87 bits per heavy atom. The van der Waals surface area contributed by atoms with Crippen molar-refractivity contribution < 1.29 is 4.74 Å². The van der Waals surface area contributed by atoms with Crippen LogP contribution in [0.15, 0.2) is 24.3 Å². The molecule has 0 spiro atoms. The Labute approximate surface area is 92.4 Å². The summed E-state index contributed by atoms with van der Waals surface area (Å²) in [7, 11) is 0. The molecular formula is C13H21NO. The first-order valence-corrected chi connectivity index (χ1v) is 5.73. The zero-order valence-corrected chi connectivity index (χ0v) is 9.70. The van der Waals surface area contributed by atoms with Gasteiger partial charge in [0.25, 0.3) is 0 Å². The van der Waals surface area contributed by atoms with Crippen molar-refractivity contribution in [3.63, 3.8) is 0 Å². The fraction of sp³-hybridized carbons (Fsp3) is 0.538. The maximum atomic E-state index is 5.80.